The van der Waals surface area contributed by atoms with Crippen molar-refractivity contribution in [1.82, 2.24) is 0 Å². The summed E-state index contributed by atoms with van der Waals surface area (Å²) in [5.74, 6) is -0.156. The largest absolute Gasteiger partial charge is 0.345 e. The topological polar surface area (TPSA) is 18.5 Å². The fourth-order valence-electron chi connectivity index (χ4n) is 2.26. The molecule has 0 aromatic carbocycles. The molecule has 0 atom stereocenters. The van der Waals surface area contributed by atoms with E-state index >= 15 is 0 Å². The average Bonchev–Trinajstić information content (AvgIpc) is 2.22. The van der Waals surface area contributed by atoms with E-state index in [2.05, 4.69) is 27.7 Å². The van der Waals surface area contributed by atoms with E-state index in [-0.39, 0.29) is 5.41 Å². The highest BCUT2D eigenvalue weighted by Gasteiger charge is 2.42. The summed E-state index contributed by atoms with van der Waals surface area (Å²) >= 11 is 0. The summed E-state index contributed by atoms with van der Waals surface area (Å²) in [6.07, 6.45) is 6.41. The SMILES string of the molecule is C/C=C/C1(C(C)C)OCC(C)(CCC)CO1. The number of hydrogen-bond donors (Lipinski definition) is 0. The molecule has 16 heavy (non-hydrogen) atoms. The summed E-state index contributed by atoms with van der Waals surface area (Å²) in [5.41, 5.74) is 0.189. The Morgan fingerprint density at radius 3 is 2.19 bits per heavy atom. The van der Waals surface area contributed by atoms with Crippen LogP contribution in [0.15, 0.2) is 12.2 Å². The molecule has 1 aliphatic heterocycles. The predicted octanol–water partition coefficient (Wildman–Crippen LogP) is 3.77. The smallest absolute Gasteiger partial charge is 0.190 e. The molecular weight excluding hydrogens is 200 g/mol. The maximum Gasteiger partial charge on any atom is 0.190 e. The van der Waals surface area contributed by atoms with Gasteiger partial charge in [0.25, 0.3) is 0 Å². The summed E-state index contributed by atoms with van der Waals surface area (Å²) in [6.45, 7) is 12.3. The Balaban J connectivity index is 2.70. The molecule has 0 N–H and O–H groups in total. The second kappa shape index (κ2) is 5.33. The van der Waals surface area contributed by atoms with Crippen LogP contribution in [0.4, 0.5) is 0 Å². The Bertz CT molecular complexity index is 235. The lowest BCUT2D eigenvalue weighted by Gasteiger charge is -2.45. The van der Waals surface area contributed by atoms with Crippen LogP contribution in [0.2, 0.25) is 0 Å². The van der Waals surface area contributed by atoms with Crippen molar-refractivity contribution in [3.05, 3.63) is 12.2 Å². The Labute approximate surface area is 100 Å². The van der Waals surface area contributed by atoms with Gasteiger partial charge in [0.05, 0.1) is 13.2 Å². The van der Waals surface area contributed by atoms with E-state index in [1.165, 1.54) is 6.42 Å². The molecule has 0 amide bonds. The van der Waals surface area contributed by atoms with Crippen molar-refractivity contribution in [2.45, 2.75) is 53.2 Å². The third kappa shape index (κ3) is 2.86. The monoisotopic (exact) mass is 226 g/mol. The second-order valence-electron chi connectivity index (χ2n) is 5.51. The van der Waals surface area contributed by atoms with Gasteiger partial charge in [-0.05, 0) is 19.4 Å². The average molecular weight is 226 g/mol. The minimum atomic E-state index is -0.498. The van der Waals surface area contributed by atoms with Gasteiger partial charge >= 0.3 is 0 Å². The zero-order valence-corrected chi connectivity index (χ0v) is 11.4. The zero-order chi connectivity index (χ0) is 12.2. The summed E-state index contributed by atoms with van der Waals surface area (Å²) in [4.78, 5) is 0. The van der Waals surface area contributed by atoms with Crippen molar-refractivity contribution in [3.63, 3.8) is 0 Å². The van der Waals surface area contributed by atoms with Crippen LogP contribution in [-0.2, 0) is 9.47 Å². The van der Waals surface area contributed by atoms with Crippen LogP contribution < -0.4 is 0 Å². The fraction of sp³-hybridized carbons (Fsp3) is 0.857. The summed E-state index contributed by atoms with van der Waals surface area (Å²) < 4.78 is 12.1. The molecule has 0 aromatic rings. The molecule has 1 heterocycles. The van der Waals surface area contributed by atoms with Gasteiger partial charge in [-0.1, -0.05) is 40.2 Å². The molecule has 0 saturated carbocycles. The lowest BCUT2D eigenvalue weighted by molar-refractivity contribution is -0.294. The first-order valence-corrected chi connectivity index (χ1v) is 6.40. The molecular formula is C14H26O2. The molecule has 0 aromatic heterocycles. The molecule has 1 fully saturated rings. The standard InChI is InChI=1S/C14H26O2/c1-6-8-13(5)10-15-14(9-7-2,12(3)4)16-11-13/h7,9,12H,6,8,10-11H2,1-5H3/b9-7+. The van der Waals surface area contributed by atoms with Gasteiger partial charge in [-0.25, -0.2) is 0 Å². The van der Waals surface area contributed by atoms with E-state index in [9.17, 15) is 0 Å². The molecule has 2 heteroatoms. The van der Waals surface area contributed by atoms with Crippen molar-refractivity contribution in [2.24, 2.45) is 11.3 Å². The highest BCUT2D eigenvalue weighted by Crippen LogP contribution is 2.37. The van der Waals surface area contributed by atoms with E-state index in [0.717, 1.165) is 19.6 Å². The third-order valence-electron chi connectivity index (χ3n) is 3.35. The molecule has 1 aliphatic rings. The second-order valence-corrected chi connectivity index (χ2v) is 5.51. The number of hydrogen-bond acceptors (Lipinski definition) is 2. The van der Waals surface area contributed by atoms with Crippen LogP contribution in [-0.4, -0.2) is 19.0 Å². The van der Waals surface area contributed by atoms with Crippen LogP contribution in [0.1, 0.15) is 47.5 Å². The predicted molar refractivity (Wildman–Crippen MR) is 67.3 cm³/mol. The van der Waals surface area contributed by atoms with Crippen LogP contribution >= 0.6 is 0 Å². The number of rotatable bonds is 4. The van der Waals surface area contributed by atoms with E-state index in [4.69, 9.17) is 9.47 Å². The van der Waals surface area contributed by atoms with E-state index in [1.807, 2.05) is 19.1 Å². The number of allylic oxidation sites excluding steroid dienone is 1. The summed E-state index contributed by atoms with van der Waals surface area (Å²) in [6, 6.07) is 0. The molecule has 94 valence electrons. The molecule has 1 saturated heterocycles. The van der Waals surface area contributed by atoms with Gasteiger partial charge in [0.15, 0.2) is 5.79 Å². The van der Waals surface area contributed by atoms with Gasteiger partial charge < -0.3 is 9.47 Å². The van der Waals surface area contributed by atoms with Crippen LogP contribution in [0, 0.1) is 11.3 Å². The molecule has 0 aliphatic carbocycles. The lowest BCUT2D eigenvalue weighted by atomic mass is 9.85. The maximum absolute atomic E-state index is 6.03. The first-order valence-electron chi connectivity index (χ1n) is 6.40. The molecule has 0 unspecified atom stereocenters. The van der Waals surface area contributed by atoms with Gasteiger partial charge in [-0.15, -0.1) is 0 Å². The summed E-state index contributed by atoms with van der Waals surface area (Å²) in [5, 5.41) is 0. The van der Waals surface area contributed by atoms with Crippen LogP contribution in [0.3, 0.4) is 0 Å². The van der Waals surface area contributed by atoms with Crippen LogP contribution in [0.5, 0.6) is 0 Å². The third-order valence-corrected chi connectivity index (χ3v) is 3.35. The Hall–Kier alpha value is -0.340. The highest BCUT2D eigenvalue weighted by molar-refractivity contribution is 4.99. The maximum atomic E-state index is 6.03. The Kier molecular flexibility index (Phi) is 4.57. The lowest BCUT2D eigenvalue weighted by Crippen LogP contribution is -2.50. The van der Waals surface area contributed by atoms with Crippen molar-refractivity contribution in [2.75, 3.05) is 13.2 Å². The van der Waals surface area contributed by atoms with Crippen molar-refractivity contribution >= 4 is 0 Å². The normalized spacial score (nSPS) is 36.1. The van der Waals surface area contributed by atoms with Gasteiger partial charge in [0.2, 0.25) is 0 Å². The van der Waals surface area contributed by atoms with E-state index < -0.39 is 5.79 Å². The van der Waals surface area contributed by atoms with Crippen molar-refractivity contribution in [3.8, 4) is 0 Å². The molecule has 0 radical (unpaired) electrons. The quantitative estimate of drug-likeness (QED) is 0.679. The zero-order valence-electron chi connectivity index (χ0n) is 11.4. The Morgan fingerprint density at radius 2 is 1.81 bits per heavy atom. The van der Waals surface area contributed by atoms with Gasteiger partial charge in [-0.2, -0.15) is 0 Å². The molecule has 2 nitrogen and oxygen atoms in total. The van der Waals surface area contributed by atoms with Gasteiger partial charge in [-0.3, -0.25) is 0 Å². The fourth-order valence-corrected chi connectivity index (χ4v) is 2.26. The van der Waals surface area contributed by atoms with E-state index in [1.54, 1.807) is 0 Å². The van der Waals surface area contributed by atoms with Crippen molar-refractivity contribution in [1.29, 1.82) is 0 Å². The van der Waals surface area contributed by atoms with Crippen molar-refractivity contribution < 1.29 is 9.47 Å². The van der Waals surface area contributed by atoms with E-state index in [0.29, 0.717) is 5.92 Å². The number of ether oxygens (including phenoxy) is 2. The molecule has 0 spiro atoms. The first kappa shape index (κ1) is 13.7. The molecule has 1 rings (SSSR count). The highest BCUT2D eigenvalue weighted by atomic mass is 16.7. The van der Waals surface area contributed by atoms with Gasteiger partial charge in [0.1, 0.15) is 0 Å². The van der Waals surface area contributed by atoms with Gasteiger partial charge in [0, 0.05) is 11.3 Å². The molecule has 0 bridgehead atoms. The summed E-state index contributed by atoms with van der Waals surface area (Å²) in [7, 11) is 0. The van der Waals surface area contributed by atoms with Crippen LogP contribution in [0.25, 0.3) is 0 Å². The minimum Gasteiger partial charge on any atom is -0.345 e. The first-order chi connectivity index (χ1) is 7.48. The minimum absolute atomic E-state index is 0.189. The Morgan fingerprint density at radius 1 is 1.25 bits per heavy atom.